The molecule has 8 nitrogen and oxygen atoms in total. The number of carbonyl (C=O) groups excluding carboxylic acids is 1. The summed E-state index contributed by atoms with van der Waals surface area (Å²) in [5.41, 5.74) is 0.588. The van der Waals surface area contributed by atoms with Gasteiger partial charge in [0.1, 0.15) is 5.75 Å². The number of fused-ring (bicyclic) bond motifs is 1. The fourth-order valence-corrected chi connectivity index (χ4v) is 3.54. The molecule has 0 atom stereocenters. The van der Waals surface area contributed by atoms with E-state index in [-0.39, 0.29) is 29.5 Å². The minimum atomic E-state index is -3.69. The molecule has 2 N–H and O–H groups in total. The normalized spacial score (nSPS) is 12.7. The van der Waals surface area contributed by atoms with E-state index in [0.29, 0.717) is 17.2 Å². The molecular weight excluding hydrogens is 360 g/mol. The molecule has 1 aliphatic heterocycles. The van der Waals surface area contributed by atoms with Crippen LogP contribution in [0, 0.1) is 0 Å². The van der Waals surface area contributed by atoms with E-state index in [2.05, 4.69) is 10.0 Å². The van der Waals surface area contributed by atoms with Crippen LogP contribution in [0.3, 0.4) is 0 Å². The van der Waals surface area contributed by atoms with Crippen molar-refractivity contribution in [3.8, 4) is 17.2 Å². The number of carbonyl (C=O) groups is 1. The van der Waals surface area contributed by atoms with Crippen LogP contribution < -0.4 is 24.2 Å². The van der Waals surface area contributed by atoms with Gasteiger partial charge < -0.3 is 19.5 Å². The molecule has 0 fully saturated rings. The van der Waals surface area contributed by atoms with Gasteiger partial charge in [0.2, 0.25) is 16.8 Å². The van der Waals surface area contributed by atoms with Crippen molar-refractivity contribution >= 4 is 21.6 Å². The molecule has 2 aromatic rings. The van der Waals surface area contributed by atoms with Crippen LogP contribution in [-0.2, 0) is 10.0 Å². The number of ether oxygens (including phenoxy) is 3. The van der Waals surface area contributed by atoms with Gasteiger partial charge in [0.25, 0.3) is 5.91 Å². The molecule has 0 bridgehead atoms. The number of amides is 1. The van der Waals surface area contributed by atoms with Crippen LogP contribution in [0.1, 0.15) is 17.3 Å². The molecule has 0 radical (unpaired) electrons. The molecule has 9 heteroatoms. The Hall–Kier alpha value is -2.78. The van der Waals surface area contributed by atoms with E-state index >= 15 is 0 Å². The molecule has 0 aromatic heterocycles. The van der Waals surface area contributed by atoms with Gasteiger partial charge in [-0.2, -0.15) is 0 Å². The van der Waals surface area contributed by atoms with Gasteiger partial charge in [-0.05, 0) is 30.3 Å². The lowest BCUT2D eigenvalue weighted by atomic mass is 10.1. The molecule has 138 valence electrons. The number of hydrogen-bond acceptors (Lipinski definition) is 6. The van der Waals surface area contributed by atoms with Gasteiger partial charge in [0.05, 0.1) is 17.6 Å². The average molecular weight is 378 g/mol. The second-order valence-corrected chi connectivity index (χ2v) is 7.15. The first-order valence-corrected chi connectivity index (χ1v) is 9.31. The summed E-state index contributed by atoms with van der Waals surface area (Å²) in [5.74, 6) is 0.880. The first-order chi connectivity index (χ1) is 12.4. The monoisotopic (exact) mass is 378 g/mol. The average Bonchev–Trinajstić information content (AvgIpc) is 3.08. The third-order valence-corrected chi connectivity index (χ3v) is 5.23. The molecule has 1 amide bonds. The van der Waals surface area contributed by atoms with E-state index in [9.17, 15) is 13.2 Å². The fourth-order valence-electron chi connectivity index (χ4n) is 2.48. The molecule has 2 aromatic carbocycles. The summed E-state index contributed by atoms with van der Waals surface area (Å²) < 4.78 is 42.4. The van der Waals surface area contributed by atoms with Gasteiger partial charge in [0, 0.05) is 18.3 Å². The van der Waals surface area contributed by atoms with E-state index in [1.807, 2.05) is 0 Å². The van der Waals surface area contributed by atoms with E-state index in [1.165, 1.54) is 25.3 Å². The number of rotatable bonds is 6. The van der Waals surface area contributed by atoms with Gasteiger partial charge in [-0.1, -0.05) is 6.92 Å². The van der Waals surface area contributed by atoms with Crippen molar-refractivity contribution in [2.24, 2.45) is 0 Å². The first kappa shape index (κ1) is 18.0. The highest BCUT2D eigenvalue weighted by atomic mass is 32.2. The van der Waals surface area contributed by atoms with Crippen LogP contribution in [0.25, 0.3) is 0 Å². The van der Waals surface area contributed by atoms with Gasteiger partial charge in [-0.15, -0.1) is 0 Å². The SMILES string of the molecule is CCNS(=O)(=O)c1ccc(OC)c(C(=O)Nc2ccc3c(c2)OCO3)c1. The molecule has 0 aliphatic carbocycles. The third-order valence-electron chi connectivity index (χ3n) is 3.69. The lowest BCUT2D eigenvalue weighted by molar-refractivity contribution is 0.102. The van der Waals surface area contributed by atoms with Crippen molar-refractivity contribution in [1.82, 2.24) is 4.72 Å². The fraction of sp³-hybridized carbons (Fsp3) is 0.235. The summed E-state index contributed by atoms with van der Waals surface area (Å²) in [4.78, 5) is 12.6. The van der Waals surface area contributed by atoms with Gasteiger partial charge in [-0.3, -0.25) is 4.79 Å². The van der Waals surface area contributed by atoms with Crippen LogP contribution in [0.2, 0.25) is 0 Å². The maximum absolute atomic E-state index is 12.7. The Kier molecular flexibility index (Phi) is 5.01. The van der Waals surface area contributed by atoms with E-state index in [4.69, 9.17) is 14.2 Å². The Labute approximate surface area is 151 Å². The third kappa shape index (κ3) is 3.58. The Morgan fingerprint density at radius 2 is 1.92 bits per heavy atom. The summed E-state index contributed by atoms with van der Waals surface area (Å²) >= 11 is 0. The summed E-state index contributed by atoms with van der Waals surface area (Å²) in [5, 5.41) is 2.70. The molecular formula is C17H18N2O6S. The Morgan fingerprint density at radius 3 is 2.65 bits per heavy atom. The predicted octanol–water partition coefficient (Wildman–Crippen LogP) is 1.97. The quantitative estimate of drug-likeness (QED) is 0.797. The topological polar surface area (TPSA) is 103 Å². The zero-order valence-corrected chi connectivity index (χ0v) is 15.1. The number of hydrogen-bond donors (Lipinski definition) is 2. The molecule has 0 saturated heterocycles. The second kappa shape index (κ2) is 7.22. The van der Waals surface area contributed by atoms with Crippen LogP contribution in [0.4, 0.5) is 5.69 Å². The zero-order chi connectivity index (χ0) is 18.7. The van der Waals surface area contributed by atoms with E-state index in [0.717, 1.165) is 0 Å². The van der Waals surface area contributed by atoms with Crippen molar-refractivity contribution in [2.75, 3.05) is 25.8 Å². The van der Waals surface area contributed by atoms with Crippen molar-refractivity contribution in [2.45, 2.75) is 11.8 Å². The first-order valence-electron chi connectivity index (χ1n) is 7.83. The number of anilines is 1. The number of methoxy groups -OCH3 is 1. The number of nitrogens with one attached hydrogen (secondary N) is 2. The molecule has 1 aliphatic rings. The van der Waals surface area contributed by atoms with Crippen molar-refractivity contribution in [3.05, 3.63) is 42.0 Å². The largest absolute Gasteiger partial charge is 0.496 e. The number of sulfonamides is 1. The van der Waals surface area contributed by atoms with Gasteiger partial charge in [0.15, 0.2) is 11.5 Å². The van der Waals surface area contributed by atoms with Crippen molar-refractivity contribution in [3.63, 3.8) is 0 Å². The Bertz CT molecular complexity index is 942. The molecule has 3 rings (SSSR count). The van der Waals surface area contributed by atoms with E-state index < -0.39 is 15.9 Å². The molecule has 1 heterocycles. The maximum Gasteiger partial charge on any atom is 0.259 e. The predicted molar refractivity (Wildman–Crippen MR) is 94.4 cm³/mol. The van der Waals surface area contributed by atoms with Gasteiger partial charge in [-0.25, -0.2) is 13.1 Å². The highest BCUT2D eigenvalue weighted by Crippen LogP contribution is 2.34. The molecule has 0 spiro atoms. The van der Waals surface area contributed by atoms with Crippen LogP contribution in [0.5, 0.6) is 17.2 Å². The van der Waals surface area contributed by atoms with E-state index in [1.54, 1.807) is 25.1 Å². The second-order valence-electron chi connectivity index (χ2n) is 5.39. The maximum atomic E-state index is 12.7. The zero-order valence-electron chi connectivity index (χ0n) is 14.2. The number of benzene rings is 2. The minimum absolute atomic E-state index is 0.0176. The smallest absolute Gasteiger partial charge is 0.259 e. The van der Waals surface area contributed by atoms with Crippen molar-refractivity contribution < 1.29 is 27.4 Å². The summed E-state index contributed by atoms with van der Waals surface area (Å²) in [6.07, 6.45) is 0. The molecule has 26 heavy (non-hydrogen) atoms. The lowest BCUT2D eigenvalue weighted by Crippen LogP contribution is -2.23. The van der Waals surface area contributed by atoms with Gasteiger partial charge >= 0.3 is 0 Å². The van der Waals surface area contributed by atoms with Crippen molar-refractivity contribution in [1.29, 1.82) is 0 Å². The molecule has 0 unspecified atom stereocenters. The highest BCUT2D eigenvalue weighted by molar-refractivity contribution is 7.89. The summed E-state index contributed by atoms with van der Waals surface area (Å²) in [6.45, 7) is 2.05. The Morgan fingerprint density at radius 1 is 1.15 bits per heavy atom. The lowest BCUT2D eigenvalue weighted by Gasteiger charge is -2.12. The summed E-state index contributed by atoms with van der Waals surface area (Å²) in [7, 11) is -2.29. The summed E-state index contributed by atoms with van der Waals surface area (Å²) in [6, 6.07) is 9.08. The Balaban J connectivity index is 1.90. The van der Waals surface area contributed by atoms with Crippen LogP contribution >= 0.6 is 0 Å². The van der Waals surface area contributed by atoms with Crippen LogP contribution in [0.15, 0.2) is 41.3 Å². The standard InChI is InChI=1S/C17H18N2O6S/c1-3-18-26(21,22)12-5-7-14(23-2)13(9-12)17(20)19-11-4-6-15-16(8-11)25-10-24-15/h4-9,18H,3,10H2,1-2H3,(H,19,20). The minimum Gasteiger partial charge on any atom is -0.496 e. The highest BCUT2D eigenvalue weighted by Gasteiger charge is 2.20. The van der Waals surface area contributed by atoms with Crippen LogP contribution in [-0.4, -0.2) is 34.8 Å². The molecule has 0 saturated carbocycles.